The van der Waals surface area contributed by atoms with Gasteiger partial charge in [-0.05, 0) is 41.8 Å². The fourth-order valence-electron chi connectivity index (χ4n) is 2.98. The topological polar surface area (TPSA) is 88.4 Å². The average molecular weight is 414 g/mol. The Kier molecular flexibility index (Phi) is 7.78. The minimum atomic E-state index is -0.654. The Hall–Kier alpha value is -4.11. The average Bonchev–Trinajstić information content (AvgIpc) is 2.82. The highest BCUT2D eigenvalue weighted by Crippen LogP contribution is 2.18. The van der Waals surface area contributed by atoms with Gasteiger partial charge in [-0.1, -0.05) is 60.7 Å². The number of hydrogen-bond acceptors (Lipinski definition) is 5. The zero-order valence-corrected chi connectivity index (χ0v) is 16.9. The fourth-order valence-corrected chi connectivity index (χ4v) is 2.98. The maximum Gasteiger partial charge on any atom is 0.344 e. The molecule has 0 fully saturated rings. The van der Waals surface area contributed by atoms with Crippen LogP contribution in [0.1, 0.15) is 22.7 Å². The van der Waals surface area contributed by atoms with Gasteiger partial charge in [0.2, 0.25) is 0 Å². The van der Waals surface area contributed by atoms with Gasteiger partial charge >= 0.3 is 5.97 Å². The summed E-state index contributed by atoms with van der Waals surface area (Å²) in [6.07, 6.45) is 0.617. The summed E-state index contributed by atoms with van der Waals surface area (Å²) in [4.78, 5) is 24.3. The first kappa shape index (κ1) is 21.6. The Labute approximate surface area is 181 Å². The van der Waals surface area contributed by atoms with E-state index in [9.17, 15) is 9.59 Å². The van der Waals surface area contributed by atoms with Crippen LogP contribution in [0.2, 0.25) is 0 Å². The van der Waals surface area contributed by atoms with Gasteiger partial charge in [-0.3, -0.25) is 4.79 Å². The van der Waals surface area contributed by atoms with Crippen molar-refractivity contribution in [2.24, 2.45) is 0 Å². The first-order valence-electron chi connectivity index (χ1n) is 9.81. The number of esters is 1. The van der Waals surface area contributed by atoms with Gasteiger partial charge in [-0.2, -0.15) is 5.26 Å². The number of rotatable bonds is 9. The zero-order valence-electron chi connectivity index (χ0n) is 16.9. The van der Waals surface area contributed by atoms with Gasteiger partial charge in [0, 0.05) is 0 Å². The fraction of sp³-hybridized carbons (Fsp3) is 0.160. The van der Waals surface area contributed by atoms with E-state index in [0.29, 0.717) is 17.7 Å². The Morgan fingerprint density at radius 3 is 2.16 bits per heavy atom. The van der Waals surface area contributed by atoms with E-state index in [2.05, 4.69) is 5.32 Å². The van der Waals surface area contributed by atoms with E-state index in [1.165, 1.54) is 0 Å². The van der Waals surface area contributed by atoms with Crippen molar-refractivity contribution in [3.63, 3.8) is 0 Å². The van der Waals surface area contributed by atoms with Crippen LogP contribution < -0.4 is 10.1 Å². The molecular formula is C25H22N2O4. The Morgan fingerprint density at radius 1 is 0.871 bits per heavy atom. The summed E-state index contributed by atoms with van der Waals surface area (Å²) in [5, 5.41) is 11.7. The number of hydrogen-bond donors (Lipinski definition) is 1. The molecule has 0 saturated carbocycles. The Morgan fingerprint density at radius 2 is 1.52 bits per heavy atom. The highest BCUT2D eigenvalue weighted by atomic mass is 16.6. The third kappa shape index (κ3) is 7.02. The largest absolute Gasteiger partial charge is 0.482 e. The van der Waals surface area contributed by atoms with Crippen molar-refractivity contribution in [3.8, 4) is 11.8 Å². The molecule has 3 aromatic carbocycles. The predicted octanol–water partition coefficient (Wildman–Crippen LogP) is 3.58. The summed E-state index contributed by atoms with van der Waals surface area (Å²) in [5.74, 6) is -0.609. The summed E-state index contributed by atoms with van der Waals surface area (Å²) in [7, 11) is 0. The van der Waals surface area contributed by atoms with Crippen molar-refractivity contribution in [1.82, 2.24) is 5.32 Å². The van der Waals surface area contributed by atoms with Crippen LogP contribution in [0.4, 0.5) is 0 Å². The van der Waals surface area contributed by atoms with E-state index in [-0.39, 0.29) is 12.6 Å². The molecule has 0 aliphatic rings. The van der Waals surface area contributed by atoms with Gasteiger partial charge in [0.25, 0.3) is 5.91 Å². The van der Waals surface area contributed by atoms with Crippen molar-refractivity contribution in [2.75, 3.05) is 13.2 Å². The first-order chi connectivity index (χ1) is 15.1. The van der Waals surface area contributed by atoms with Crippen molar-refractivity contribution < 1.29 is 19.1 Å². The second kappa shape index (κ2) is 11.2. The quantitative estimate of drug-likeness (QED) is 0.541. The van der Waals surface area contributed by atoms with Gasteiger partial charge < -0.3 is 14.8 Å². The molecule has 0 heterocycles. The van der Waals surface area contributed by atoms with Gasteiger partial charge in [0.15, 0.2) is 13.2 Å². The molecule has 1 unspecified atom stereocenters. The molecule has 0 bridgehead atoms. The third-order valence-electron chi connectivity index (χ3n) is 4.52. The molecule has 1 atom stereocenters. The van der Waals surface area contributed by atoms with Crippen molar-refractivity contribution in [3.05, 3.63) is 102 Å². The third-order valence-corrected chi connectivity index (χ3v) is 4.52. The van der Waals surface area contributed by atoms with E-state index in [4.69, 9.17) is 14.7 Å². The van der Waals surface area contributed by atoms with E-state index >= 15 is 0 Å². The molecule has 3 rings (SSSR count). The zero-order chi connectivity index (χ0) is 21.9. The van der Waals surface area contributed by atoms with Gasteiger partial charge in [0.1, 0.15) is 5.75 Å². The number of ether oxygens (including phenoxy) is 2. The lowest BCUT2D eigenvalue weighted by Gasteiger charge is -2.19. The number of nitrogens with zero attached hydrogens (tertiary/aromatic N) is 1. The molecule has 0 spiro atoms. The Balaban J connectivity index is 1.50. The van der Waals surface area contributed by atoms with Crippen LogP contribution in [0.3, 0.4) is 0 Å². The number of amides is 1. The molecule has 6 heteroatoms. The van der Waals surface area contributed by atoms with Gasteiger partial charge in [0.05, 0.1) is 17.7 Å². The lowest BCUT2D eigenvalue weighted by Crippen LogP contribution is -2.34. The monoisotopic (exact) mass is 414 g/mol. The molecule has 0 aliphatic heterocycles. The molecule has 1 amide bonds. The van der Waals surface area contributed by atoms with Crippen LogP contribution >= 0.6 is 0 Å². The molecule has 0 radical (unpaired) electrons. The second-order valence-corrected chi connectivity index (χ2v) is 6.81. The number of benzene rings is 3. The SMILES string of the molecule is N#Cc1ccc(OCC(=O)OCC(=O)NC(Cc2ccccc2)c2ccccc2)cc1. The number of carbonyl (C=O) groups excluding carboxylic acids is 2. The van der Waals surface area contributed by atoms with Crippen LogP contribution in [0.15, 0.2) is 84.9 Å². The molecule has 31 heavy (non-hydrogen) atoms. The normalized spacial score (nSPS) is 11.1. The maximum absolute atomic E-state index is 12.4. The van der Waals surface area contributed by atoms with E-state index in [1.54, 1.807) is 24.3 Å². The molecule has 0 aliphatic carbocycles. The molecular weight excluding hydrogens is 392 g/mol. The molecule has 1 N–H and O–H groups in total. The maximum atomic E-state index is 12.4. The van der Waals surface area contributed by atoms with Crippen LogP contribution in [0.5, 0.6) is 5.75 Å². The van der Waals surface area contributed by atoms with Crippen LogP contribution in [0, 0.1) is 11.3 Å². The first-order valence-corrected chi connectivity index (χ1v) is 9.81. The van der Waals surface area contributed by atoms with Crippen LogP contribution in [0.25, 0.3) is 0 Å². The number of nitrogens with one attached hydrogen (secondary N) is 1. The van der Waals surface area contributed by atoms with Crippen LogP contribution in [-0.4, -0.2) is 25.1 Å². The van der Waals surface area contributed by atoms with E-state index < -0.39 is 18.5 Å². The smallest absolute Gasteiger partial charge is 0.344 e. The van der Waals surface area contributed by atoms with Crippen LogP contribution in [-0.2, 0) is 20.7 Å². The molecule has 3 aromatic rings. The summed E-state index contributed by atoms with van der Waals surface area (Å²) in [5.41, 5.74) is 2.55. The molecule has 0 aromatic heterocycles. The minimum Gasteiger partial charge on any atom is -0.482 e. The van der Waals surface area contributed by atoms with E-state index in [0.717, 1.165) is 11.1 Å². The number of nitriles is 1. The van der Waals surface area contributed by atoms with Crippen molar-refractivity contribution >= 4 is 11.9 Å². The van der Waals surface area contributed by atoms with Gasteiger partial charge in [-0.15, -0.1) is 0 Å². The standard InChI is InChI=1S/C25H22N2O4/c26-16-20-11-13-22(14-12-20)30-18-25(29)31-17-24(28)27-23(21-9-5-2-6-10-21)15-19-7-3-1-4-8-19/h1-14,23H,15,17-18H2,(H,27,28). The van der Waals surface area contributed by atoms with Gasteiger partial charge in [-0.25, -0.2) is 4.79 Å². The van der Waals surface area contributed by atoms with Crippen molar-refractivity contribution in [1.29, 1.82) is 5.26 Å². The molecule has 0 saturated heterocycles. The highest BCUT2D eigenvalue weighted by molar-refractivity contribution is 5.81. The lowest BCUT2D eigenvalue weighted by molar-refractivity contribution is -0.150. The number of carbonyl (C=O) groups is 2. The Bertz CT molecular complexity index is 1030. The summed E-state index contributed by atoms with van der Waals surface area (Å²) < 4.78 is 10.3. The molecule has 156 valence electrons. The van der Waals surface area contributed by atoms with Crippen molar-refractivity contribution in [2.45, 2.75) is 12.5 Å². The van der Waals surface area contributed by atoms with E-state index in [1.807, 2.05) is 66.7 Å². The summed E-state index contributed by atoms with van der Waals surface area (Å²) in [6.45, 7) is -0.723. The lowest BCUT2D eigenvalue weighted by atomic mass is 9.99. The highest BCUT2D eigenvalue weighted by Gasteiger charge is 2.16. The predicted molar refractivity (Wildman–Crippen MR) is 115 cm³/mol. The summed E-state index contributed by atoms with van der Waals surface area (Å²) in [6, 6.07) is 27.6. The summed E-state index contributed by atoms with van der Waals surface area (Å²) >= 11 is 0. The minimum absolute atomic E-state index is 0.246. The second-order valence-electron chi connectivity index (χ2n) is 6.81. The molecule has 6 nitrogen and oxygen atoms in total.